The third-order valence-corrected chi connectivity index (χ3v) is 9.70. The molecule has 11 heteroatoms. The number of amides is 2. The van der Waals surface area contributed by atoms with Gasteiger partial charge in [-0.1, -0.05) is 0 Å². The average molecular weight is 482 g/mol. The molecule has 3 aliphatic heterocycles. The molecule has 4 rings (SSSR count). The SMILES string of the molecule is CCOC(=O)c1ccc(S(=O)(=O)N2CCN(C(=O)[C@H]3CS[C@@]4(C)CCC(=O)N34)CC2)cc1. The van der Waals surface area contributed by atoms with Crippen LogP contribution in [0.4, 0.5) is 0 Å². The van der Waals surface area contributed by atoms with E-state index in [1.807, 2.05) is 6.92 Å². The summed E-state index contributed by atoms with van der Waals surface area (Å²) in [5.41, 5.74) is 0.291. The van der Waals surface area contributed by atoms with E-state index in [0.29, 0.717) is 17.7 Å². The molecule has 0 radical (unpaired) electrons. The number of thioether (sulfide) groups is 1. The molecule has 0 aromatic heterocycles. The van der Waals surface area contributed by atoms with Crippen LogP contribution in [0.3, 0.4) is 0 Å². The predicted molar refractivity (Wildman–Crippen MR) is 118 cm³/mol. The minimum absolute atomic E-state index is 0.0170. The van der Waals surface area contributed by atoms with Crippen LogP contribution in [0.1, 0.15) is 37.0 Å². The topological polar surface area (TPSA) is 104 Å². The standard InChI is InChI=1S/C21H27N3O6S2/c1-3-30-20(27)15-4-6-16(7-5-15)32(28,29)23-12-10-22(11-13-23)19(26)17-14-31-21(2)9-8-18(25)24(17)21/h4-7,17H,3,8-14H2,1-2H3/t17-,21+/m1/s1. The zero-order chi connectivity index (χ0) is 23.1. The number of benzene rings is 1. The molecule has 0 saturated carbocycles. The number of hydrogen-bond acceptors (Lipinski definition) is 7. The van der Waals surface area contributed by atoms with Gasteiger partial charge in [-0.05, 0) is 44.5 Å². The Labute approximate surface area is 192 Å². The lowest BCUT2D eigenvalue weighted by atomic mass is 10.2. The summed E-state index contributed by atoms with van der Waals surface area (Å²) < 4.78 is 32.3. The number of carbonyl (C=O) groups is 3. The molecule has 9 nitrogen and oxygen atoms in total. The van der Waals surface area contributed by atoms with Crippen molar-refractivity contribution >= 4 is 39.6 Å². The molecule has 0 bridgehead atoms. The van der Waals surface area contributed by atoms with Gasteiger partial charge >= 0.3 is 5.97 Å². The number of sulfonamides is 1. The maximum Gasteiger partial charge on any atom is 0.338 e. The zero-order valence-corrected chi connectivity index (χ0v) is 19.8. The lowest BCUT2D eigenvalue weighted by molar-refractivity contribution is -0.144. The Morgan fingerprint density at radius 3 is 2.44 bits per heavy atom. The molecule has 2 atom stereocenters. The molecule has 3 saturated heterocycles. The summed E-state index contributed by atoms with van der Waals surface area (Å²) in [5.74, 6) is -0.0104. The van der Waals surface area contributed by atoms with Crippen molar-refractivity contribution in [2.24, 2.45) is 0 Å². The van der Waals surface area contributed by atoms with Crippen LogP contribution in [0, 0.1) is 0 Å². The number of rotatable bonds is 5. The maximum absolute atomic E-state index is 13.1. The van der Waals surface area contributed by atoms with Crippen molar-refractivity contribution in [1.29, 1.82) is 0 Å². The fourth-order valence-corrected chi connectivity index (χ4v) is 7.33. The first-order valence-electron chi connectivity index (χ1n) is 10.7. The molecule has 1 aromatic rings. The monoisotopic (exact) mass is 481 g/mol. The minimum atomic E-state index is -3.74. The molecular weight excluding hydrogens is 454 g/mol. The summed E-state index contributed by atoms with van der Waals surface area (Å²) in [4.78, 5) is 40.4. The molecule has 174 valence electrons. The number of hydrogen-bond donors (Lipinski definition) is 0. The van der Waals surface area contributed by atoms with Crippen molar-refractivity contribution in [2.45, 2.75) is 42.5 Å². The van der Waals surface area contributed by atoms with E-state index in [1.165, 1.54) is 28.6 Å². The first kappa shape index (κ1) is 23.1. The number of ether oxygens (including phenoxy) is 1. The third-order valence-electron chi connectivity index (χ3n) is 6.28. The van der Waals surface area contributed by atoms with Gasteiger partial charge in [0.25, 0.3) is 0 Å². The highest BCUT2D eigenvalue weighted by Gasteiger charge is 2.53. The van der Waals surface area contributed by atoms with Gasteiger partial charge in [-0.3, -0.25) is 9.59 Å². The summed E-state index contributed by atoms with van der Waals surface area (Å²) in [7, 11) is -3.74. The molecule has 0 spiro atoms. The van der Waals surface area contributed by atoms with Gasteiger partial charge in [0, 0.05) is 38.4 Å². The van der Waals surface area contributed by atoms with Crippen molar-refractivity contribution in [2.75, 3.05) is 38.5 Å². The van der Waals surface area contributed by atoms with Crippen molar-refractivity contribution in [3.8, 4) is 0 Å². The second-order valence-electron chi connectivity index (χ2n) is 8.24. The van der Waals surface area contributed by atoms with Crippen LogP contribution >= 0.6 is 11.8 Å². The molecule has 1 aromatic carbocycles. The van der Waals surface area contributed by atoms with Crippen LogP contribution in [0.2, 0.25) is 0 Å². The Kier molecular flexibility index (Phi) is 6.25. The number of esters is 1. The second-order valence-corrected chi connectivity index (χ2v) is 11.7. The number of fused-ring (bicyclic) bond motifs is 1. The van der Waals surface area contributed by atoms with Crippen LogP contribution in [0.25, 0.3) is 0 Å². The highest BCUT2D eigenvalue weighted by Crippen LogP contribution is 2.47. The minimum Gasteiger partial charge on any atom is -0.462 e. The van der Waals surface area contributed by atoms with Crippen LogP contribution in [-0.4, -0.2) is 89.8 Å². The summed E-state index contributed by atoms with van der Waals surface area (Å²) in [6.45, 7) is 4.86. The third kappa shape index (κ3) is 4.01. The van der Waals surface area contributed by atoms with E-state index < -0.39 is 22.0 Å². The Morgan fingerprint density at radius 1 is 1.16 bits per heavy atom. The summed E-state index contributed by atoms with van der Waals surface area (Å²) >= 11 is 1.65. The van der Waals surface area contributed by atoms with Crippen molar-refractivity contribution in [3.63, 3.8) is 0 Å². The molecule has 2 amide bonds. The fourth-order valence-electron chi connectivity index (χ4n) is 4.49. The molecule has 32 heavy (non-hydrogen) atoms. The number of piperazine rings is 1. The fraction of sp³-hybridized carbons (Fsp3) is 0.571. The summed E-state index contributed by atoms with van der Waals surface area (Å²) in [5, 5.41) is 0. The Hall–Kier alpha value is -2.11. The molecule has 3 heterocycles. The van der Waals surface area contributed by atoms with Gasteiger partial charge in [0.2, 0.25) is 21.8 Å². The summed E-state index contributed by atoms with van der Waals surface area (Å²) in [6.07, 6.45) is 1.22. The molecular formula is C21H27N3O6S2. The number of nitrogens with zero attached hydrogens (tertiary/aromatic N) is 3. The average Bonchev–Trinajstić information content (AvgIpc) is 3.29. The lowest BCUT2D eigenvalue weighted by Crippen LogP contribution is -2.56. The van der Waals surface area contributed by atoms with E-state index in [-0.39, 0.29) is 54.4 Å². The van der Waals surface area contributed by atoms with Crippen molar-refractivity contribution < 1.29 is 27.5 Å². The van der Waals surface area contributed by atoms with E-state index in [1.54, 1.807) is 28.5 Å². The van der Waals surface area contributed by atoms with Gasteiger partial charge in [-0.25, -0.2) is 13.2 Å². The molecule has 3 aliphatic rings. The smallest absolute Gasteiger partial charge is 0.338 e. The van der Waals surface area contributed by atoms with Gasteiger partial charge in [-0.15, -0.1) is 11.8 Å². The van der Waals surface area contributed by atoms with E-state index in [0.717, 1.165) is 6.42 Å². The molecule has 0 aliphatic carbocycles. The summed E-state index contributed by atoms with van der Waals surface area (Å²) in [6, 6.07) is 5.20. The van der Waals surface area contributed by atoms with Gasteiger partial charge in [-0.2, -0.15) is 4.31 Å². The largest absolute Gasteiger partial charge is 0.462 e. The van der Waals surface area contributed by atoms with Crippen LogP contribution < -0.4 is 0 Å². The highest BCUT2D eigenvalue weighted by molar-refractivity contribution is 8.01. The van der Waals surface area contributed by atoms with Gasteiger partial charge in [0.1, 0.15) is 6.04 Å². The van der Waals surface area contributed by atoms with E-state index in [9.17, 15) is 22.8 Å². The Bertz CT molecular complexity index is 1020. The second kappa shape index (κ2) is 8.68. The van der Waals surface area contributed by atoms with Crippen LogP contribution in [-0.2, 0) is 24.3 Å². The van der Waals surface area contributed by atoms with E-state index >= 15 is 0 Å². The lowest BCUT2D eigenvalue weighted by Gasteiger charge is -2.37. The maximum atomic E-state index is 13.1. The van der Waals surface area contributed by atoms with E-state index in [4.69, 9.17) is 4.74 Å². The van der Waals surface area contributed by atoms with Crippen LogP contribution in [0.5, 0.6) is 0 Å². The normalized spacial score (nSPS) is 26.3. The van der Waals surface area contributed by atoms with Gasteiger partial charge in [0.15, 0.2) is 0 Å². The first-order chi connectivity index (χ1) is 15.2. The zero-order valence-electron chi connectivity index (χ0n) is 18.2. The van der Waals surface area contributed by atoms with E-state index in [2.05, 4.69) is 0 Å². The number of carbonyl (C=O) groups excluding carboxylic acids is 3. The molecule has 0 N–H and O–H groups in total. The molecule has 3 fully saturated rings. The van der Waals surface area contributed by atoms with Gasteiger partial charge < -0.3 is 14.5 Å². The van der Waals surface area contributed by atoms with Crippen molar-refractivity contribution in [3.05, 3.63) is 29.8 Å². The quantitative estimate of drug-likeness (QED) is 0.581. The predicted octanol–water partition coefficient (Wildman–Crippen LogP) is 1.15. The first-order valence-corrected chi connectivity index (χ1v) is 13.1. The van der Waals surface area contributed by atoms with Crippen molar-refractivity contribution in [1.82, 2.24) is 14.1 Å². The van der Waals surface area contributed by atoms with Crippen LogP contribution in [0.15, 0.2) is 29.2 Å². The Morgan fingerprint density at radius 2 is 1.81 bits per heavy atom. The molecule has 0 unspecified atom stereocenters. The highest BCUT2D eigenvalue weighted by atomic mass is 32.2. The van der Waals surface area contributed by atoms with Gasteiger partial charge in [0.05, 0.1) is 21.9 Å². The Balaban J connectivity index is 1.39.